The predicted octanol–water partition coefficient (Wildman–Crippen LogP) is 2.01. The first-order chi connectivity index (χ1) is 9.22. The number of ether oxygens (including phenoxy) is 2. The smallest absolute Gasteiger partial charge is 0.175 e. The molecular formula is C14H19BrN2O2. The Balaban J connectivity index is 1.76. The minimum Gasteiger partial charge on any atom is -0.486 e. The first-order valence-electron chi connectivity index (χ1n) is 6.76. The van der Waals surface area contributed by atoms with Crippen LogP contribution in [0.5, 0.6) is 11.5 Å². The van der Waals surface area contributed by atoms with Gasteiger partial charge >= 0.3 is 0 Å². The van der Waals surface area contributed by atoms with Gasteiger partial charge in [-0.25, -0.2) is 0 Å². The van der Waals surface area contributed by atoms with Crippen molar-refractivity contribution in [2.24, 2.45) is 0 Å². The lowest BCUT2D eigenvalue weighted by atomic mass is 10.1. The molecule has 0 bridgehead atoms. The van der Waals surface area contributed by atoms with E-state index in [-0.39, 0.29) is 0 Å². The number of fused-ring (bicyclic) bond motifs is 1. The molecule has 1 N–H and O–H groups in total. The second-order valence-electron chi connectivity index (χ2n) is 5.19. The van der Waals surface area contributed by atoms with E-state index in [1.54, 1.807) is 0 Å². The highest BCUT2D eigenvalue weighted by molar-refractivity contribution is 9.10. The number of halogens is 1. The largest absolute Gasteiger partial charge is 0.486 e. The van der Waals surface area contributed by atoms with Crippen molar-refractivity contribution in [2.45, 2.75) is 19.5 Å². The quantitative estimate of drug-likeness (QED) is 0.901. The number of hydrogen-bond donors (Lipinski definition) is 1. The molecule has 1 aromatic carbocycles. The predicted molar refractivity (Wildman–Crippen MR) is 77.9 cm³/mol. The van der Waals surface area contributed by atoms with Crippen molar-refractivity contribution in [2.75, 3.05) is 32.8 Å². The summed E-state index contributed by atoms with van der Waals surface area (Å²) in [6.45, 7) is 7.69. The normalized spacial score (nSPS) is 23.4. The molecule has 3 rings (SSSR count). The number of nitrogens with one attached hydrogen (secondary N) is 1. The Morgan fingerprint density at radius 1 is 1.37 bits per heavy atom. The molecule has 4 nitrogen and oxygen atoms in total. The minimum absolute atomic E-state index is 0.564. The topological polar surface area (TPSA) is 33.7 Å². The lowest BCUT2D eigenvalue weighted by molar-refractivity contribution is 0.169. The second-order valence-corrected chi connectivity index (χ2v) is 6.05. The molecule has 104 valence electrons. The van der Waals surface area contributed by atoms with E-state index in [0.717, 1.165) is 42.2 Å². The Kier molecular flexibility index (Phi) is 3.96. The molecule has 0 amide bonds. The summed E-state index contributed by atoms with van der Waals surface area (Å²) in [4.78, 5) is 2.47. The maximum atomic E-state index is 5.67. The van der Waals surface area contributed by atoms with Crippen molar-refractivity contribution in [3.8, 4) is 11.5 Å². The first-order valence-corrected chi connectivity index (χ1v) is 7.55. The Hall–Kier alpha value is -0.780. The summed E-state index contributed by atoms with van der Waals surface area (Å²) in [7, 11) is 0. The van der Waals surface area contributed by atoms with Crippen LogP contribution in [0.15, 0.2) is 16.6 Å². The Morgan fingerprint density at radius 2 is 2.21 bits per heavy atom. The van der Waals surface area contributed by atoms with Crippen molar-refractivity contribution < 1.29 is 9.47 Å². The molecule has 1 saturated heterocycles. The van der Waals surface area contributed by atoms with E-state index >= 15 is 0 Å². The van der Waals surface area contributed by atoms with Gasteiger partial charge in [-0.05, 0) is 40.5 Å². The van der Waals surface area contributed by atoms with E-state index < -0.39 is 0 Å². The van der Waals surface area contributed by atoms with Gasteiger partial charge in [0.05, 0.1) is 4.47 Å². The van der Waals surface area contributed by atoms with Crippen LogP contribution in [0.2, 0.25) is 0 Å². The summed E-state index contributed by atoms with van der Waals surface area (Å²) in [5.41, 5.74) is 1.27. The maximum absolute atomic E-state index is 5.67. The van der Waals surface area contributed by atoms with Crippen LogP contribution in [0.3, 0.4) is 0 Å². The summed E-state index contributed by atoms with van der Waals surface area (Å²) in [6, 6.07) is 4.81. The third-order valence-corrected chi connectivity index (χ3v) is 4.10. The molecule has 1 fully saturated rings. The van der Waals surface area contributed by atoms with Crippen LogP contribution in [-0.2, 0) is 6.54 Å². The SMILES string of the molecule is CC1CN(Cc2cc(Br)c3c(c2)OCCO3)CCN1. The third kappa shape index (κ3) is 3.04. The number of nitrogens with zero attached hydrogens (tertiary/aromatic N) is 1. The molecule has 0 spiro atoms. The lowest BCUT2D eigenvalue weighted by Gasteiger charge is -2.32. The molecule has 0 aromatic heterocycles. The summed E-state index contributed by atoms with van der Waals surface area (Å²) < 4.78 is 12.3. The fraction of sp³-hybridized carbons (Fsp3) is 0.571. The molecule has 1 atom stereocenters. The van der Waals surface area contributed by atoms with Crippen LogP contribution in [-0.4, -0.2) is 43.8 Å². The van der Waals surface area contributed by atoms with Crippen molar-refractivity contribution in [3.63, 3.8) is 0 Å². The van der Waals surface area contributed by atoms with Gasteiger partial charge in [-0.15, -0.1) is 0 Å². The maximum Gasteiger partial charge on any atom is 0.175 e. The number of piperazine rings is 1. The zero-order chi connectivity index (χ0) is 13.2. The highest BCUT2D eigenvalue weighted by atomic mass is 79.9. The molecule has 19 heavy (non-hydrogen) atoms. The van der Waals surface area contributed by atoms with Gasteiger partial charge in [-0.2, -0.15) is 0 Å². The van der Waals surface area contributed by atoms with E-state index in [2.05, 4.69) is 45.2 Å². The van der Waals surface area contributed by atoms with Crippen LogP contribution in [0.1, 0.15) is 12.5 Å². The highest BCUT2D eigenvalue weighted by Crippen LogP contribution is 2.38. The van der Waals surface area contributed by atoms with Gasteiger partial charge in [0.2, 0.25) is 0 Å². The van der Waals surface area contributed by atoms with Crippen LogP contribution in [0.25, 0.3) is 0 Å². The number of rotatable bonds is 2. The molecule has 0 saturated carbocycles. The molecular weight excluding hydrogens is 308 g/mol. The van der Waals surface area contributed by atoms with Gasteiger partial charge in [-0.1, -0.05) is 0 Å². The zero-order valence-corrected chi connectivity index (χ0v) is 12.7. The van der Waals surface area contributed by atoms with Gasteiger partial charge in [0.25, 0.3) is 0 Å². The average molecular weight is 327 g/mol. The zero-order valence-electron chi connectivity index (χ0n) is 11.1. The van der Waals surface area contributed by atoms with E-state index in [1.165, 1.54) is 5.56 Å². The molecule has 2 heterocycles. The van der Waals surface area contributed by atoms with E-state index in [0.29, 0.717) is 19.3 Å². The summed E-state index contributed by atoms with van der Waals surface area (Å²) in [5.74, 6) is 1.70. The second kappa shape index (κ2) is 5.69. The monoisotopic (exact) mass is 326 g/mol. The van der Waals surface area contributed by atoms with E-state index in [9.17, 15) is 0 Å². The molecule has 1 aromatic rings. The summed E-state index contributed by atoms with van der Waals surface area (Å²) in [5, 5.41) is 3.46. The Labute approximate surface area is 122 Å². The van der Waals surface area contributed by atoms with Gasteiger partial charge in [0.1, 0.15) is 13.2 Å². The van der Waals surface area contributed by atoms with Crippen LogP contribution in [0, 0.1) is 0 Å². The van der Waals surface area contributed by atoms with Crippen molar-refractivity contribution in [1.82, 2.24) is 10.2 Å². The van der Waals surface area contributed by atoms with Crippen LogP contribution < -0.4 is 14.8 Å². The number of benzene rings is 1. The van der Waals surface area contributed by atoms with E-state index in [4.69, 9.17) is 9.47 Å². The van der Waals surface area contributed by atoms with Crippen molar-refractivity contribution >= 4 is 15.9 Å². The van der Waals surface area contributed by atoms with Gasteiger partial charge < -0.3 is 14.8 Å². The summed E-state index contributed by atoms with van der Waals surface area (Å²) in [6.07, 6.45) is 0. The fourth-order valence-electron chi connectivity index (χ4n) is 2.67. The molecule has 0 radical (unpaired) electrons. The van der Waals surface area contributed by atoms with Crippen molar-refractivity contribution in [1.29, 1.82) is 0 Å². The fourth-order valence-corrected chi connectivity index (χ4v) is 3.27. The lowest BCUT2D eigenvalue weighted by Crippen LogP contribution is -2.48. The van der Waals surface area contributed by atoms with Crippen LogP contribution >= 0.6 is 15.9 Å². The third-order valence-electron chi connectivity index (χ3n) is 3.52. The Morgan fingerprint density at radius 3 is 3.05 bits per heavy atom. The Bertz CT molecular complexity index is 467. The standard InChI is InChI=1S/C14H19BrN2O2/c1-10-8-17(3-2-16-10)9-11-6-12(15)14-13(7-11)18-4-5-19-14/h6-7,10,16H,2-5,8-9H2,1H3. The molecule has 0 aliphatic carbocycles. The van der Waals surface area contributed by atoms with Gasteiger partial charge in [-0.3, -0.25) is 4.90 Å². The molecule has 2 aliphatic rings. The van der Waals surface area contributed by atoms with Crippen LogP contribution in [0.4, 0.5) is 0 Å². The average Bonchev–Trinajstić information content (AvgIpc) is 2.39. The van der Waals surface area contributed by atoms with Gasteiger partial charge in [0.15, 0.2) is 11.5 Å². The molecule has 2 aliphatic heterocycles. The number of hydrogen-bond acceptors (Lipinski definition) is 4. The minimum atomic E-state index is 0.564. The molecule has 1 unspecified atom stereocenters. The van der Waals surface area contributed by atoms with Crippen molar-refractivity contribution in [3.05, 3.63) is 22.2 Å². The van der Waals surface area contributed by atoms with Gasteiger partial charge in [0, 0.05) is 32.2 Å². The highest BCUT2D eigenvalue weighted by Gasteiger charge is 2.19. The first kappa shape index (κ1) is 13.2. The molecule has 5 heteroatoms. The summed E-state index contributed by atoms with van der Waals surface area (Å²) >= 11 is 3.57. The van der Waals surface area contributed by atoms with E-state index in [1.807, 2.05) is 0 Å².